The highest BCUT2D eigenvalue weighted by atomic mass is 16.5. The summed E-state index contributed by atoms with van der Waals surface area (Å²) in [6, 6.07) is 13.0. The smallest absolute Gasteiger partial charge is 0.270 e. The molecular weight excluding hydrogens is 739 g/mol. The van der Waals surface area contributed by atoms with Crippen LogP contribution in [0.15, 0.2) is 55.1 Å². The Morgan fingerprint density at radius 3 is 2.45 bits per heavy atom. The lowest BCUT2D eigenvalue weighted by Gasteiger charge is -2.39. The number of nitrogens with one attached hydrogen (secondary N) is 3. The molecule has 4 amide bonds. The fourth-order valence-corrected chi connectivity index (χ4v) is 8.59. The van der Waals surface area contributed by atoms with Crippen molar-refractivity contribution < 1.29 is 23.9 Å². The molecule has 8 rings (SSSR count). The van der Waals surface area contributed by atoms with Crippen molar-refractivity contribution in [2.45, 2.75) is 69.9 Å². The highest BCUT2D eigenvalue weighted by Gasteiger charge is 2.34. The zero-order valence-corrected chi connectivity index (χ0v) is 33.1. The van der Waals surface area contributed by atoms with E-state index in [0.29, 0.717) is 30.2 Å². The second-order valence-corrected chi connectivity index (χ2v) is 16.1. The number of imide groups is 1. The third-order valence-electron chi connectivity index (χ3n) is 12.1. The Balaban J connectivity index is 0.693. The number of aryl methyl sites for hydroxylation is 1. The molecule has 4 aromatic rings. The van der Waals surface area contributed by atoms with Crippen molar-refractivity contribution >= 4 is 40.6 Å². The van der Waals surface area contributed by atoms with E-state index in [9.17, 15) is 19.2 Å². The number of imidazole rings is 1. The summed E-state index contributed by atoms with van der Waals surface area (Å²) in [6.45, 7) is 10.5. The maximum atomic E-state index is 12.9. The number of piperazine rings is 1. The molecule has 0 bridgehead atoms. The Morgan fingerprint density at radius 1 is 0.914 bits per heavy atom. The number of aromatic nitrogens is 5. The molecule has 1 aliphatic carbocycles. The predicted octanol–water partition coefficient (Wildman–Crippen LogP) is 2.92. The SMILES string of the molecule is Cc1cccc(C(=O)NC2CC(n3cnc4c(NCCCN5CCN(CC6CCN(C(=O)COc7ccc(C8CCC(=O)NC8=O)cc7)CC6)CC5)ncnc43)C2)n1. The molecule has 1 aromatic carbocycles. The summed E-state index contributed by atoms with van der Waals surface area (Å²) in [4.78, 5) is 74.2. The molecule has 16 heteroatoms. The van der Waals surface area contributed by atoms with Crippen LogP contribution in [0.2, 0.25) is 0 Å². The summed E-state index contributed by atoms with van der Waals surface area (Å²) in [7, 11) is 0. The van der Waals surface area contributed by atoms with E-state index in [2.05, 4.69) is 50.3 Å². The summed E-state index contributed by atoms with van der Waals surface area (Å²) in [5.41, 5.74) is 3.69. The van der Waals surface area contributed by atoms with Crippen molar-refractivity contribution in [1.29, 1.82) is 0 Å². The van der Waals surface area contributed by atoms with E-state index in [-0.39, 0.29) is 48.2 Å². The van der Waals surface area contributed by atoms with Gasteiger partial charge in [-0.1, -0.05) is 18.2 Å². The van der Waals surface area contributed by atoms with Crippen molar-refractivity contribution in [3.05, 3.63) is 72.1 Å². The lowest BCUT2D eigenvalue weighted by Crippen LogP contribution is -2.49. The number of carbonyl (C=O) groups excluding carboxylic acids is 4. The first-order valence-electron chi connectivity index (χ1n) is 20.7. The molecule has 1 unspecified atom stereocenters. The zero-order valence-electron chi connectivity index (χ0n) is 33.1. The molecular formula is C42H53N11O5. The topological polar surface area (TPSA) is 180 Å². The van der Waals surface area contributed by atoms with Crippen LogP contribution >= 0.6 is 0 Å². The number of nitrogens with zero attached hydrogens (tertiary/aromatic N) is 8. The number of rotatable bonds is 14. The van der Waals surface area contributed by atoms with Crippen molar-refractivity contribution in [2.75, 3.05) is 70.8 Å². The van der Waals surface area contributed by atoms with E-state index in [0.717, 1.165) is 119 Å². The first kappa shape index (κ1) is 39.4. The number of fused-ring (bicyclic) bond motifs is 1. The van der Waals surface area contributed by atoms with Crippen LogP contribution in [0, 0.1) is 12.8 Å². The normalized spacial score (nSPS) is 22.0. The van der Waals surface area contributed by atoms with Gasteiger partial charge in [-0.05, 0) is 87.7 Å². The molecule has 3 N–H and O–H groups in total. The molecule has 3 saturated heterocycles. The molecule has 0 spiro atoms. The van der Waals surface area contributed by atoms with Gasteiger partial charge < -0.3 is 34.6 Å². The predicted molar refractivity (Wildman–Crippen MR) is 216 cm³/mol. The molecule has 3 aliphatic heterocycles. The van der Waals surface area contributed by atoms with Crippen LogP contribution in [0.25, 0.3) is 11.2 Å². The van der Waals surface area contributed by atoms with Gasteiger partial charge in [0.1, 0.15) is 23.3 Å². The number of likely N-dealkylation sites (tertiary alicyclic amines) is 1. The van der Waals surface area contributed by atoms with Crippen molar-refractivity contribution in [3.8, 4) is 5.75 Å². The lowest BCUT2D eigenvalue weighted by molar-refractivity contribution is -0.135. The minimum atomic E-state index is -0.338. The zero-order chi connectivity index (χ0) is 40.0. The summed E-state index contributed by atoms with van der Waals surface area (Å²) in [5, 5.41) is 8.99. The van der Waals surface area contributed by atoms with Crippen LogP contribution in [0.5, 0.6) is 5.75 Å². The van der Waals surface area contributed by atoms with Crippen LogP contribution in [0.3, 0.4) is 0 Å². The van der Waals surface area contributed by atoms with Crippen LogP contribution in [0.4, 0.5) is 5.82 Å². The second-order valence-electron chi connectivity index (χ2n) is 16.1. The second kappa shape index (κ2) is 18.0. The minimum absolute atomic E-state index is 0.00239. The third-order valence-corrected chi connectivity index (χ3v) is 12.1. The van der Waals surface area contributed by atoms with Gasteiger partial charge in [-0.15, -0.1) is 0 Å². The Labute approximate surface area is 338 Å². The highest BCUT2D eigenvalue weighted by Crippen LogP contribution is 2.35. The van der Waals surface area contributed by atoms with Crippen molar-refractivity contribution in [1.82, 2.24) is 49.8 Å². The van der Waals surface area contributed by atoms with Gasteiger partial charge in [-0.2, -0.15) is 0 Å². The molecule has 306 valence electrons. The monoisotopic (exact) mass is 791 g/mol. The molecule has 1 saturated carbocycles. The maximum absolute atomic E-state index is 12.9. The highest BCUT2D eigenvalue weighted by molar-refractivity contribution is 6.01. The van der Waals surface area contributed by atoms with Gasteiger partial charge in [0, 0.05) is 76.6 Å². The number of hydrogen-bond acceptors (Lipinski definition) is 12. The molecule has 1 atom stereocenters. The molecule has 16 nitrogen and oxygen atoms in total. The number of carbonyl (C=O) groups is 4. The van der Waals surface area contributed by atoms with Crippen molar-refractivity contribution in [2.24, 2.45) is 5.92 Å². The largest absolute Gasteiger partial charge is 0.484 e. The Kier molecular flexibility index (Phi) is 12.2. The van der Waals surface area contributed by atoms with Crippen LogP contribution in [-0.4, -0.2) is 134 Å². The van der Waals surface area contributed by atoms with E-state index >= 15 is 0 Å². The number of ether oxygens (including phenoxy) is 1. The standard InChI is InChI=1S/C42H53N11O5/c1-28-4-2-5-35(47-28)42(57)48-31-22-32(23-31)53-27-46-38-39(44-26-45-40(38)53)43-14-3-15-50-18-20-51(21-19-50)24-29-12-16-52(17-13-29)37(55)25-58-33-8-6-30(7-9-33)34-10-11-36(54)49-41(34)56/h2,4-9,26-27,29,31-32,34H,3,10-25H2,1H3,(H,48,57)(H,43,44,45)(H,49,54,56). The summed E-state index contributed by atoms with van der Waals surface area (Å²) < 4.78 is 7.90. The van der Waals surface area contributed by atoms with E-state index in [1.807, 2.05) is 42.4 Å². The number of hydrogen-bond donors (Lipinski definition) is 3. The number of anilines is 1. The van der Waals surface area contributed by atoms with Gasteiger partial charge in [0.25, 0.3) is 11.8 Å². The van der Waals surface area contributed by atoms with Gasteiger partial charge in [0.15, 0.2) is 18.1 Å². The fraction of sp³-hybridized carbons (Fsp3) is 0.524. The number of amides is 4. The van der Waals surface area contributed by atoms with Gasteiger partial charge in [0.05, 0.1) is 12.2 Å². The summed E-state index contributed by atoms with van der Waals surface area (Å²) >= 11 is 0. The van der Waals surface area contributed by atoms with Crippen molar-refractivity contribution in [3.63, 3.8) is 0 Å². The first-order chi connectivity index (χ1) is 28.3. The molecule has 3 aromatic heterocycles. The van der Waals surface area contributed by atoms with Gasteiger partial charge >= 0.3 is 0 Å². The van der Waals surface area contributed by atoms with E-state index in [1.165, 1.54) is 0 Å². The Bertz CT molecular complexity index is 2090. The first-order valence-corrected chi connectivity index (χ1v) is 20.7. The molecule has 4 aliphatic rings. The van der Waals surface area contributed by atoms with Gasteiger partial charge in [-0.25, -0.2) is 19.9 Å². The number of pyridine rings is 1. The van der Waals surface area contributed by atoms with E-state index in [1.54, 1.807) is 24.5 Å². The number of piperidine rings is 2. The Morgan fingerprint density at radius 2 is 1.69 bits per heavy atom. The average Bonchev–Trinajstić information content (AvgIpc) is 3.65. The third kappa shape index (κ3) is 9.45. The van der Waals surface area contributed by atoms with Gasteiger partial charge in [0.2, 0.25) is 11.8 Å². The number of benzene rings is 1. The summed E-state index contributed by atoms with van der Waals surface area (Å²) in [5.74, 6) is 0.956. The maximum Gasteiger partial charge on any atom is 0.270 e. The van der Waals surface area contributed by atoms with E-state index < -0.39 is 0 Å². The quantitative estimate of drug-likeness (QED) is 0.126. The fourth-order valence-electron chi connectivity index (χ4n) is 8.59. The molecule has 58 heavy (non-hydrogen) atoms. The van der Waals surface area contributed by atoms with Crippen LogP contribution in [0.1, 0.15) is 78.7 Å². The average molecular weight is 792 g/mol. The molecule has 0 radical (unpaired) electrons. The Hall–Kier alpha value is -5.48. The van der Waals surface area contributed by atoms with Gasteiger partial charge in [-0.3, -0.25) is 24.5 Å². The summed E-state index contributed by atoms with van der Waals surface area (Å²) in [6.07, 6.45) is 8.89. The minimum Gasteiger partial charge on any atom is -0.484 e. The van der Waals surface area contributed by atoms with E-state index in [4.69, 9.17) is 4.74 Å². The van der Waals surface area contributed by atoms with Crippen LogP contribution < -0.4 is 20.7 Å². The molecule has 6 heterocycles. The van der Waals surface area contributed by atoms with Crippen LogP contribution in [-0.2, 0) is 14.4 Å². The lowest BCUT2D eigenvalue weighted by atomic mass is 9.86. The molecule has 4 fully saturated rings.